The van der Waals surface area contributed by atoms with Crippen LogP contribution in [-0.2, 0) is 6.42 Å². The predicted molar refractivity (Wildman–Crippen MR) is 155 cm³/mol. The summed E-state index contributed by atoms with van der Waals surface area (Å²) in [6, 6.07) is 12.3. The third kappa shape index (κ3) is 8.51. The average Bonchev–Trinajstić information content (AvgIpc) is 3.38. The highest BCUT2D eigenvalue weighted by atomic mass is 79.9. The lowest BCUT2D eigenvalue weighted by molar-refractivity contribution is 0.0698. The van der Waals surface area contributed by atoms with Gasteiger partial charge >= 0.3 is 5.97 Å². The van der Waals surface area contributed by atoms with Gasteiger partial charge in [-0.1, -0.05) is 76.8 Å². The Balaban J connectivity index is 1.48. The highest BCUT2D eigenvalue weighted by molar-refractivity contribution is 9.11. The van der Waals surface area contributed by atoms with Crippen molar-refractivity contribution in [3.63, 3.8) is 0 Å². The topological polar surface area (TPSA) is 49.3 Å². The van der Waals surface area contributed by atoms with Crippen LogP contribution in [0.5, 0.6) is 0 Å². The third-order valence-electron chi connectivity index (χ3n) is 5.89. The minimum absolute atomic E-state index is 0.320. The summed E-state index contributed by atoms with van der Waals surface area (Å²) in [5.74, 6) is -0.913. The number of nitrogens with one attached hydrogen (secondary N) is 1. The fraction of sp³-hybridized carbons (Fsp3) is 0.444. The van der Waals surface area contributed by atoms with Gasteiger partial charge in [-0.15, -0.1) is 22.7 Å². The summed E-state index contributed by atoms with van der Waals surface area (Å²) in [5.41, 5.74) is 3.61. The Labute approximate surface area is 228 Å². The molecule has 2 heterocycles. The van der Waals surface area contributed by atoms with Gasteiger partial charge in [-0.05, 0) is 74.5 Å². The van der Waals surface area contributed by atoms with E-state index in [1.807, 2.05) is 6.07 Å². The molecule has 3 nitrogen and oxygen atoms in total. The molecule has 0 atom stereocenters. The lowest BCUT2D eigenvalue weighted by atomic mass is 10.0. The van der Waals surface area contributed by atoms with Crippen LogP contribution in [0.4, 0.5) is 11.4 Å². The number of carbonyl (C=O) groups is 1. The Kier molecular flexibility index (Phi) is 11.6. The van der Waals surface area contributed by atoms with Crippen molar-refractivity contribution in [2.45, 2.75) is 77.6 Å². The van der Waals surface area contributed by atoms with Gasteiger partial charge in [0.15, 0.2) is 0 Å². The van der Waals surface area contributed by atoms with Crippen LogP contribution >= 0.6 is 54.5 Å². The van der Waals surface area contributed by atoms with Gasteiger partial charge in [0.2, 0.25) is 0 Å². The SMILES string of the molecule is CCCCCCCCCCCCc1ccc(Nc2cc(Br)sc2-c2sc(Br)cc2C(=O)O)cc1. The molecule has 0 saturated carbocycles. The summed E-state index contributed by atoms with van der Waals surface area (Å²) in [6.07, 6.45) is 14.7. The summed E-state index contributed by atoms with van der Waals surface area (Å²) in [4.78, 5) is 13.4. The van der Waals surface area contributed by atoms with Gasteiger partial charge in [0, 0.05) is 5.69 Å². The molecule has 0 fully saturated rings. The van der Waals surface area contributed by atoms with Gasteiger partial charge in [-0.25, -0.2) is 4.79 Å². The standard InChI is InChI=1S/C27H33Br2NO2S2/c1-2-3-4-5-6-7-8-9-10-11-12-19-13-15-20(16-14-19)30-22-18-24(29)34-26(22)25-21(27(31)32)17-23(28)33-25/h13-18,30H,2-12H2,1H3,(H,31,32). The van der Waals surface area contributed by atoms with Crippen LogP contribution in [0.3, 0.4) is 0 Å². The zero-order valence-electron chi connectivity index (χ0n) is 19.7. The first-order chi connectivity index (χ1) is 16.5. The van der Waals surface area contributed by atoms with E-state index in [0.717, 1.165) is 35.1 Å². The lowest BCUT2D eigenvalue weighted by Gasteiger charge is -2.09. The van der Waals surface area contributed by atoms with Gasteiger partial charge in [-0.2, -0.15) is 0 Å². The highest BCUT2D eigenvalue weighted by Crippen LogP contribution is 2.46. The molecule has 0 bridgehead atoms. The Morgan fingerprint density at radius 2 is 1.38 bits per heavy atom. The second kappa shape index (κ2) is 14.4. The molecule has 0 amide bonds. The highest BCUT2D eigenvalue weighted by Gasteiger charge is 2.21. The number of carboxylic acids is 1. The van der Waals surface area contributed by atoms with Gasteiger partial charge in [-0.3, -0.25) is 0 Å². The van der Waals surface area contributed by atoms with Crippen molar-refractivity contribution in [2.75, 3.05) is 5.32 Å². The smallest absolute Gasteiger partial charge is 0.337 e. The molecule has 3 rings (SSSR count). The first-order valence-electron chi connectivity index (χ1n) is 12.2. The predicted octanol–water partition coefficient (Wildman–Crippen LogP) is 10.9. The second-order valence-corrected chi connectivity index (χ2v) is 13.5. The molecule has 0 aliphatic rings. The van der Waals surface area contributed by atoms with E-state index < -0.39 is 5.97 Å². The molecule has 2 aromatic heterocycles. The fourth-order valence-corrected chi connectivity index (χ4v) is 7.34. The Hall–Kier alpha value is -1.15. The minimum atomic E-state index is -0.913. The normalized spacial score (nSPS) is 11.1. The summed E-state index contributed by atoms with van der Waals surface area (Å²) in [5, 5.41) is 13.1. The molecule has 7 heteroatoms. The number of hydrogen-bond donors (Lipinski definition) is 2. The Bertz CT molecular complexity index is 1040. The maximum atomic E-state index is 11.7. The lowest BCUT2D eigenvalue weighted by Crippen LogP contribution is -1.96. The number of rotatable bonds is 15. The quantitative estimate of drug-likeness (QED) is 0.165. The van der Waals surface area contributed by atoms with Crippen molar-refractivity contribution >= 4 is 71.9 Å². The first kappa shape index (κ1) is 27.4. The molecule has 34 heavy (non-hydrogen) atoms. The van der Waals surface area contributed by atoms with E-state index in [1.54, 1.807) is 6.07 Å². The van der Waals surface area contributed by atoms with Crippen molar-refractivity contribution < 1.29 is 9.90 Å². The van der Waals surface area contributed by atoms with Crippen LogP contribution in [0.1, 0.15) is 87.1 Å². The number of benzene rings is 1. The largest absolute Gasteiger partial charge is 0.478 e. The van der Waals surface area contributed by atoms with Crippen molar-refractivity contribution in [1.29, 1.82) is 0 Å². The third-order valence-corrected chi connectivity index (χ3v) is 9.33. The summed E-state index contributed by atoms with van der Waals surface area (Å²) < 4.78 is 1.77. The van der Waals surface area contributed by atoms with E-state index in [9.17, 15) is 9.90 Å². The number of aromatic carboxylic acids is 1. The number of unbranched alkanes of at least 4 members (excludes halogenated alkanes) is 9. The summed E-state index contributed by atoms with van der Waals surface area (Å²) >= 11 is 9.97. The fourth-order valence-electron chi connectivity index (χ4n) is 4.04. The molecule has 0 spiro atoms. The number of anilines is 2. The molecule has 3 aromatic rings. The summed E-state index contributed by atoms with van der Waals surface area (Å²) in [7, 11) is 0. The van der Waals surface area contributed by atoms with Gasteiger partial charge in [0.05, 0.1) is 28.6 Å². The van der Waals surface area contributed by atoms with Gasteiger partial charge in [0.1, 0.15) is 0 Å². The zero-order chi connectivity index (χ0) is 24.3. The van der Waals surface area contributed by atoms with Crippen LogP contribution < -0.4 is 5.32 Å². The Morgan fingerprint density at radius 1 is 0.824 bits per heavy atom. The number of aryl methyl sites for hydroxylation is 1. The van der Waals surface area contributed by atoms with E-state index in [4.69, 9.17) is 0 Å². The molecule has 0 aliphatic heterocycles. The first-order valence-corrected chi connectivity index (χ1v) is 15.4. The molecule has 0 saturated heterocycles. The molecular formula is C27H33Br2NO2S2. The van der Waals surface area contributed by atoms with E-state index in [-0.39, 0.29) is 0 Å². The molecule has 0 radical (unpaired) electrons. The minimum Gasteiger partial charge on any atom is -0.478 e. The van der Waals surface area contributed by atoms with Crippen LogP contribution in [0.2, 0.25) is 0 Å². The average molecular weight is 628 g/mol. The molecule has 0 aliphatic carbocycles. The van der Waals surface area contributed by atoms with Crippen LogP contribution in [-0.4, -0.2) is 11.1 Å². The van der Waals surface area contributed by atoms with E-state index in [2.05, 4.69) is 68.4 Å². The van der Waals surface area contributed by atoms with Crippen molar-refractivity contribution in [3.05, 3.63) is 55.1 Å². The molecular weight excluding hydrogens is 594 g/mol. The van der Waals surface area contributed by atoms with Gasteiger partial charge < -0.3 is 10.4 Å². The van der Waals surface area contributed by atoms with Crippen molar-refractivity contribution in [3.8, 4) is 9.75 Å². The zero-order valence-corrected chi connectivity index (χ0v) is 24.5. The molecule has 184 valence electrons. The van der Waals surface area contributed by atoms with Crippen LogP contribution in [0.15, 0.2) is 44.0 Å². The maximum absolute atomic E-state index is 11.7. The van der Waals surface area contributed by atoms with E-state index in [0.29, 0.717) is 5.56 Å². The van der Waals surface area contributed by atoms with Crippen LogP contribution in [0, 0.1) is 0 Å². The number of halogens is 2. The van der Waals surface area contributed by atoms with E-state index in [1.165, 1.54) is 92.4 Å². The van der Waals surface area contributed by atoms with Crippen molar-refractivity contribution in [2.24, 2.45) is 0 Å². The van der Waals surface area contributed by atoms with Gasteiger partial charge in [0.25, 0.3) is 0 Å². The number of hydrogen-bond acceptors (Lipinski definition) is 4. The summed E-state index contributed by atoms with van der Waals surface area (Å²) in [6.45, 7) is 2.27. The van der Waals surface area contributed by atoms with Crippen molar-refractivity contribution in [1.82, 2.24) is 0 Å². The number of carboxylic acid groups (broad SMARTS) is 1. The maximum Gasteiger partial charge on any atom is 0.337 e. The van der Waals surface area contributed by atoms with Crippen LogP contribution in [0.25, 0.3) is 9.75 Å². The number of thiophene rings is 2. The van der Waals surface area contributed by atoms with E-state index >= 15 is 0 Å². The molecule has 0 unspecified atom stereocenters. The Morgan fingerprint density at radius 3 is 2.00 bits per heavy atom. The monoisotopic (exact) mass is 625 g/mol. The molecule has 1 aromatic carbocycles. The second-order valence-electron chi connectivity index (χ2n) is 8.65. The molecule has 2 N–H and O–H groups in total.